The van der Waals surface area contributed by atoms with Gasteiger partial charge in [-0.3, -0.25) is 0 Å². The molecule has 30 heavy (non-hydrogen) atoms. The zero-order valence-corrected chi connectivity index (χ0v) is 16.6. The number of alkyl halides is 3. The third-order valence-electron chi connectivity index (χ3n) is 4.76. The lowest BCUT2D eigenvalue weighted by molar-refractivity contribution is -0.140. The molecular formula is C23H23F3N4. The van der Waals surface area contributed by atoms with E-state index in [4.69, 9.17) is 11.5 Å². The summed E-state index contributed by atoms with van der Waals surface area (Å²) in [5.74, 6) is 5.76. The number of nitrogen functional groups attached to an aromatic ring is 1. The van der Waals surface area contributed by atoms with Crippen molar-refractivity contribution in [1.82, 2.24) is 4.57 Å². The van der Waals surface area contributed by atoms with Gasteiger partial charge >= 0.3 is 6.18 Å². The zero-order chi connectivity index (χ0) is 21.9. The van der Waals surface area contributed by atoms with Gasteiger partial charge in [-0.1, -0.05) is 31.6 Å². The molecule has 1 aromatic heterocycles. The first kappa shape index (κ1) is 21.2. The summed E-state index contributed by atoms with van der Waals surface area (Å²) in [4.78, 5) is 0. The Morgan fingerprint density at radius 2 is 1.97 bits per heavy atom. The first-order valence-electron chi connectivity index (χ1n) is 9.44. The van der Waals surface area contributed by atoms with Crippen LogP contribution in [0.15, 0.2) is 49.0 Å². The third-order valence-corrected chi connectivity index (χ3v) is 4.76. The fourth-order valence-corrected chi connectivity index (χ4v) is 3.29. The van der Waals surface area contributed by atoms with Gasteiger partial charge < -0.3 is 21.4 Å². The van der Waals surface area contributed by atoms with Crippen LogP contribution in [0.5, 0.6) is 0 Å². The molecule has 156 valence electrons. The average Bonchev–Trinajstić information content (AvgIpc) is 3.02. The Bertz CT molecular complexity index is 1150. The summed E-state index contributed by atoms with van der Waals surface area (Å²) in [7, 11) is 0. The molecular weight excluding hydrogens is 389 g/mol. The summed E-state index contributed by atoms with van der Waals surface area (Å²) in [6.45, 7) is 4.92. The topological polar surface area (TPSA) is 69.0 Å². The molecule has 0 saturated heterocycles. The molecule has 0 fully saturated rings. The van der Waals surface area contributed by atoms with E-state index in [0.29, 0.717) is 22.3 Å². The van der Waals surface area contributed by atoms with Crippen molar-refractivity contribution in [1.29, 1.82) is 0 Å². The molecule has 0 aliphatic carbocycles. The fraction of sp³-hybridized carbons (Fsp3) is 0.217. The Balaban J connectivity index is 1.85. The minimum atomic E-state index is -4.37. The second kappa shape index (κ2) is 8.46. The van der Waals surface area contributed by atoms with Gasteiger partial charge in [0.25, 0.3) is 0 Å². The quantitative estimate of drug-likeness (QED) is 0.419. The van der Waals surface area contributed by atoms with Gasteiger partial charge in [0.05, 0.1) is 17.8 Å². The fourth-order valence-electron chi connectivity index (χ4n) is 3.29. The van der Waals surface area contributed by atoms with E-state index in [1.54, 1.807) is 24.3 Å². The maximum atomic E-state index is 13.1. The van der Waals surface area contributed by atoms with Crippen LogP contribution in [0.4, 0.5) is 24.5 Å². The van der Waals surface area contributed by atoms with Crippen molar-refractivity contribution >= 4 is 28.0 Å². The molecule has 0 aliphatic rings. The number of rotatable bonds is 5. The molecule has 0 unspecified atom stereocenters. The highest BCUT2D eigenvalue weighted by molar-refractivity contribution is 5.92. The summed E-state index contributed by atoms with van der Waals surface area (Å²) >= 11 is 0. The molecule has 3 rings (SSSR count). The Morgan fingerprint density at radius 3 is 2.63 bits per heavy atom. The molecule has 5 N–H and O–H groups in total. The van der Waals surface area contributed by atoms with Crippen molar-refractivity contribution in [3.63, 3.8) is 0 Å². The molecule has 7 heteroatoms. The lowest BCUT2D eigenvalue weighted by Gasteiger charge is -2.11. The Kier molecular flexibility index (Phi) is 5.97. The first-order chi connectivity index (χ1) is 14.2. The highest BCUT2D eigenvalue weighted by atomic mass is 19.4. The van der Waals surface area contributed by atoms with Crippen molar-refractivity contribution in [2.24, 2.45) is 5.73 Å². The predicted octanol–water partition coefficient (Wildman–Crippen LogP) is 4.74. The van der Waals surface area contributed by atoms with Gasteiger partial charge in [-0.25, -0.2) is 0 Å². The van der Waals surface area contributed by atoms with E-state index >= 15 is 0 Å². The maximum absolute atomic E-state index is 13.1. The first-order valence-corrected chi connectivity index (χ1v) is 9.44. The number of benzene rings is 2. The van der Waals surface area contributed by atoms with E-state index in [-0.39, 0.29) is 12.2 Å². The van der Waals surface area contributed by atoms with E-state index < -0.39 is 12.7 Å². The van der Waals surface area contributed by atoms with E-state index in [1.165, 1.54) is 0 Å². The lowest BCUT2D eigenvalue weighted by atomic mass is 10.0. The minimum absolute atomic E-state index is 0.271. The van der Waals surface area contributed by atoms with Crippen LogP contribution in [0, 0.1) is 11.8 Å². The van der Waals surface area contributed by atoms with Crippen molar-refractivity contribution < 1.29 is 13.2 Å². The summed E-state index contributed by atoms with van der Waals surface area (Å²) in [5, 5.41) is 3.77. The lowest BCUT2D eigenvalue weighted by Crippen LogP contribution is -2.18. The molecule has 0 saturated carbocycles. The largest absolute Gasteiger partial charge is 0.406 e. The number of hydrogen-bond donors (Lipinski definition) is 3. The van der Waals surface area contributed by atoms with Crippen molar-refractivity contribution in [3.05, 3.63) is 65.9 Å². The number of hydrogen-bond acceptors (Lipinski definition) is 3. The second-order valence-electron chi connectivity index (χ2n) is 6.92. The van der Waals surface area contributed by atoms with Crippen LogP contribution in [-0.4, -0.2) is 17.3 Å². The van der Waals surface area contributed by atoms with Crippen LogP contribution in [0.3, 0.4) is 0 Å². The van der Waals surface area contributed by atoms with Crippen LogP contribution in [-0.2, 0) is 13.0 Å². The standard InChI is InChI=1S/C23H23F3N4/c1-3-16-12-17(15(2)27)9-10-21(16)29-11-5-6-18-13-19-20(28)7-4-8-22(19)30(18)14-23(24,25)26/h4,7-10,12-13,29H,2-3,11,14,27-28H2,1H3. The van der Waals surface area contributed by atoms with Crippen molar-refractivity contribution in [2.45, 2.75) is 26.1 Å². The Morgan fingerprint density at radius 1 is 1.20 bits per heavy atom. The normalized spacial score (nSPS) is 11.2. The van der Waals surface area contributed by atoms with Crippen molar-refractivity contribution in [2.75, 3.05) is 17.6 Å². The van der Waals surface area contributed by atoms with Crippen LogP contribution in [0.2, 0.25) is 0 Å². The number of halogens is 3. The monoisotopic (exact) mass is 412 g/mol. The zero-order valence-electron chi connectivity index (χ0n) is 16.6. The maximum Gasteiger partial charge on any atom is 0.406 e. The Labute approximate surface area is 173 Å². The SMILES string of the molecule is C=C(N)c1ccc(NCC#Cc2cc3c(N)cccc3n2CC(F)(F)F)c(CC)c1. The van der Waals surface area contributed by atoms with Crippen LogP contribution in [0.1, 0.15) is 23.7 Å². The van der Waals surface area contributed by atoms with Gasteiger partial charge in [0.1, 0.15) is 6.54 Å². The van der Waals surface area contributed by atoms with Gasteiger partial charge in [0.15, 0.2) is 0 Å². The highest BCUT2D eigenvalue weighted by Gasteiger charge is 2.29. The number of nitrogens with two attached hydrogens (primary N) is 2. The molecule has 0 radical (unpaired) electrons. The number of nitrogens with one attached hydrogen (secondary N) is 1. The number of aromatic nitrogens is 1. The summed E-state index contributed by atoms with van der Waals surface area (Å²) in [6.07, 6.45) is -3.58. The molecule has 0 amide bonds. The number of nitrogens with zero attached hydrogens (tertiary/aromatic N) is 1. The minimum Gasteiger partial charge on any atom is -0.399 e. The molecule has 0 atom stereocenters. The summed E-state index contributed by atoms with van der Waals surface area (Å²) < 4.78 is 40.4. The molecule has 2 aromatic carbocycles. The average molecular weight is 412 g/mol. The van der Waals surface area contributed by atoms with Crippen LogP contribution in [0.25, 0.3) is 16.6 Å². The van der Waals surface area contributed by atoms with E-state index in [9.17, 15) is 13.2 Å². The van der Waals surface area contributed by atoms with Gasteiger partial charge in [-0.15, -0.1) is 0 Å². The number of anilines is 2. The van der Waals surface area contributed by atoms with E-state index in [2.05, 4.69) is 23.7 Å². The van der Waals surface area contributed by atoms with Crippen molar-refractivity contribution in [3.8, 4) is 11.8 Å². The second-order valence-corrected chi connectivity index (χ2v) is 6.92. The van der Waals surface area contributed by atoms with E-state index in [1.807, 2.05) is 25.1 Å². The summed E-state index contributed by atoms with van der Waals surface area (Å²) in [6, 6.07) is 12.2. The molecule has 1 heterocycles. The molecule has 4 nitrogen and oxygen atoms in total. The van der Waals surface area contributed by atoms with Gasteiger partial charge in [-0.2, -0.15) is 13.2 Å². The van der Waals surface area contributed by atoms with E-state index in [0.717, 1.165) is 27.8 Å². The summed E-state index contributed by atoms with van der Waals surface area (Å²) in [5.41, 5.74) is 16.1. The van der Waals surface area contributed by atoms with Gasteiger partial charge in [-0.05, 0) is 53.8 Å². The third kappa shape index (κ3) is 4.71. The smallest absolute Gasteiger partial charge is 0.399 e. The van der Waals surface area contributed by atoms with Crippen LogP contribution < -0.4 is 16.8 Å². The molecule has 3 aromatic rings. The number of aryl methyl sites for hydroxylation is 1. The Hall–Kier alpha value is -3.53. The van der Waals surface area contributed by atoms with Gasteiger partial charge in [0, 0.05) is 22.5 Å². The molecule has 0 spiro atoms. The number of fused-ring (bicyclic) bond motifs is 1. The highest BCUT2D eigenvalue weighted by Crippen LogP contribution is 2.28. The molecule has 0 aliphatic heterocycles. The van der Waals surface area contributed by atoms with Gasteiger partial charge in [0.2, 0.25) is 0 Å². The predicted molar refractivity (Wildman–Crippen MR) is 117 cm³/mol. The van der Waals surface area contributed by atoms with Crippen LogP contribution >= 0.6 is 0 Å². The molecule has 0 bridgehead atoms.